The molecule has 1 aromatic carbocycles. The van der Waals surface area contributed by atoms with Gasteiger partial charge in [0, 0.05) is 12.1 Å². The van der Waals surface area contributed by atoms with Crippen LogP contribution in [-0.4, -0.2) is 31.8 Å². The molecule has 0 fully saturated rings. The highest BCUT2D eigenvalue weighted by Crippen LogP contribution is 2.22. The van der Waals surface area contributed by atoms with Crippen LogP contribution >= 0.6 is 0 Å². The lowest BCUT2D eigenvalue weighted by molar-refractivity contribution is -0.139. The number of nitrogens with one attached hydrogen (secondary N) is 1. The zero-order valence-corrected chi connectivity index (χ0v) is 9.32. The Morgan fingerprint density at radius 3 is 2.81 bits per heavy atom. The van der Waals surface area contributed by atoms with Gasteiger partial charge in [0.1, 0.15) is 11.5 Å². The number of ether oxygens (including phenoxy) is 2. The Bertz CT molecular complexity index is 365. The van der Waals surface area contributed by atoms with Gasteiger partial charge in [-0.05, 0) is 18.2 Å². The van der Waals surface area contributed by atoms with Crippen molar-refractivity contribution in [2.75, 3.05) is 20.8 Å². The van der Waals surface area contributed by atoms with Gasteiger partial charge >= 0.3 is 5.97 Å². The topological polar surface area (TPSA) is 67.8 Å². The van der Waals surface area contributed by atoms with Gasteiger partial charge in [-0.15, -0.1) is 0 Å². The molecule has 0 saturated carbocycles. The fourth-order valence-corrected chi connectivity index (χ4v) is 1.20. The van der Waals surface area contributed by atoms with E-state index in [1.54, 1.807) is 25.3 Å². The molecule has 88 valence electrons. The normalized spacial score (nSPS) is 9.88. The highest BCUT2D eigenvalue weighted by molar-refractivity contribution is 5.71. The van der Waals surface area contributed by atoms with E-state index < -0.39 is 0 Å². The van der Waals surface area contributed by atoms with Crippen molar-refractivity contribution >= 4 is 5.97 Å². The number of carbonyl (C=O) groups is 1. The Kier molecular flexibility index (Phi) is 4.60. The quantitative estimate of drug-likeness (QED) is 0.721. The summed E-state index contributed by atoms with van der Waals surface area (Å²) in [5.41, 5.74) is 0.670. The van der Waals surface area contributed by atoms with Crippen molar-refractivity contribution in [1.29, 1.82) is 0 Å². The maximum atomic E-state index is 10.8. The van der Waals surface area contributed by atoms with Crippen LogP contribution in [-0.2, 0) is 16.1 Å². The second kappa shape index (κ2) is 5.97. The molecule has 0 unspecified atom stereocenters. The van der Waals surface area contributed by atoms with E-state index in [0.717, 1.165) is 0 Å². The fraction of sp³-hybridized carbons (Fsp3) is 0.364. The first-order chi connectivity index (χ1) is 7.67. The third-order valence-electron chi connectivity index (χ3n) is 2.10. The molecule has 0 spiro atoms. The van der Waals surface area contributed by atoms with Gasteiger partial charge in [0.2, 0.25) is 0 Å². The van der Waals surface area contributed by atoms with E-state index in [4.69, 9.17) is 4.74 Å². The van der Waals surface area contributed by atoms with Gasteiger partial charge in [-0.2, -0.15) is 0 Å². The van der Waals surface area contributed by atoms with Crippen LogP contribution in [0.15, 0.2) is 18.2 Å². The zero-order valence-electron chi connectivity index (χ0n) is 9.32. The van der Waals surface area contributed by atoms with E-state index in [1.807, 2.05) is 0 Å². The number of rotatable bonds is 5. The van der Waals surface area contributed by atoms with Crippen molar-refractivity contribution in [3.05, 3.63) is 23.8 Å². The minimum absolute atomic E-state index is 0.104. The smallest absolute Gasteiger partial charge is 0.319 e. The summed E-state index contributed by atoms with van der Waals surface area (Å²) in [6, 6.07) is 4.92. The van der Waals surface area contributed by atoms with Crippen molar-refractivity contribution in [2.24, 2.45) is 0 Å². The standard InChI is InChI=1S/C11H15NO4/c1-15-9-3-4-10(13)8(5-9)6-12-7-11(14)16-2/h3-5,12-13H,6-7H2,1-2H3. The molecule has 0 aliphatic heterocycles. The first-order valence-corrected chi connectivity index (χ1v) is 4.80. The molecule has 5 nitrogen and oxygen atoms in total. The minimum Gasteiger partial charge on any atom is -0.508 e. The number of esters is 1. The molecule has 0 aromatic heterocycles. The van der Waals surface area contributed by atoms with Crippen molar-refractivity contribution in [3.63, 3.8) is 0 Å². The van der Waals surface area contributed by atoms with E-state index >= 15 is 0 Å². The third-order valence-corrected chi connectivity index (χ3v) is 2.10. The van der Waals surface area contributed by atoms with Gasteiger partial charge in [0.05, 0.1) is 20.8 Å². The van der Waals surface area contributed by atoms with Crippen LogP contribution in [0, 0.1) is 0 Å². The summed E-state index contributed by atoms with van der Waals surface area (Å²) < 4.78 is 9.50. The van der Waals surface area contributed by atoms with Gasteiger partial charge < -0.3 is 19.9 Å². The molecular formula is C11H15NO4. The molecule has 5 heteroatoms. The predicted octanol–water partition coefficient (Wildman–Crippen LogP) is 0.663. The highest BCUT2D eigenvalue weighted by atomic mass is 16.5. The lowest BCUT2D eigenvalue weighted by Crippen LogP contribution is -2.23. The molecule has 0 atom stereocenters. The number of methoxy groups -OCH3 is 2. The largest absolute Gasteiger partial charge is 0.508 e. The van der Waals surface area contributed by atoms with Crippen LogP contribution in [0.1, 0.15) is 5.56 Å². The Hall–Kier alpha value is -1.75. The summed E-state index contributed by atoms with van der Waals surface area (Å²) in [4.78, 5) is 10.8. The molecule has 2 N–H and O–H groups in total. The average molecular weight is 225 g/mol. The SMILES string of the molecule is COC(=O)CNCc1cc(OC)ccc1O. The van der Waals surface area contributed by atoms with E-state index in [0.29, 0.717) is 17.9 Å². The summed E-state index contributed by atoms with van der Waals surface area (Å²) in [5, 5.41) is 12.4. The predicted molar refractivity (Wildman–Crippen MR) is 58.4 cm³/mol. The molecule has 0 aliphatic rings. The maximum Gasteiger partial charge on any atom is 0.319 e. The van der Waals surface area contributed by atoms with Crippen molar-refractivity contribution in [2.45, 2.75) is 6.54 Å². The average Bonchev–Trinajstić information content (AvgIpc) is 2.31. The van der Waals surface area contributed by atoms with Crippen molar-refractivity contribution < 1.29 is 19.4 Å². The van der Waals surface area contributed by atoms with Gasteiger partial charge in [-0.3, -0.25) is 4.79 Å². The Labute approximate surface area is 94.0 Å². The van der Waals surface area contributed by atoms with Gasteiger partial charge in [-0.1, -0.05) is 0 Å². The Balaban J connectivity index is 2.55. The lowest BCUT2D eigenvalue weighted by Gasteiger charge is -2.07. The Morgan fingerprint density at radius 1 is 1.44 bits per heavy atom. The molecule has 1 rings (SSSR count). The first-order valence-electron chi connectivity index (χ1n) is 4.80. The second-order valence-corrected chi connectivity index (χ2v) is 3.17. The summed E-state index contributed by atoms with van der Waals surface area (Å²) in [5.74, 6) is 0.480. The van der Waals surface area contributed by atoms with Gasteiger partial charge in [0.15, 0.2) is 0 Å². The summed E-state index contributed by atoms with van der Waals surface area (Å²) >= 11 is 0. The van der Waals surface area contributed by atoms with E-state index in [9.17, 15) is 9.90 Å². The number of phenolic OH excluding ortho intramolecular Hbond substituents is 1. The highest BCUT2D eigenvalue weighted by Gasteiger charge is 2.04. The van der Waals surface area contributed by atoms with Crippen LogP contribution in [0.4, 0.5) is 0 Å². The molecule has 0 amide bonds. The molecule has 0 aliphatic carbocycles. The molecular weight excluding hydrogens is 210 g/mol. The number of hydrogen-bond donors (Lipinski definition) is 2. The van der Waals surface area contributed by atoms with Gasteiger partial charge in [-0.25, -0.2) is 0 Å². The molecule has 0 saturated heterocycles. The van der Waals surface area contributed by atoms with E-state index in [1.165, 1.54) is 7.11 Å². The fourth-order valence-electron chi connectivity index (χ4n) is 1.20. The van der Waals surface area contributed by atoms with Crippen LogP contribution in [0.2, 0.25) is 0 Å². The molecule has 0 heterocycles. The monoisotopic (exact) mass is 225 g/mol. The lowest BCUT2D eigenvalue weighted by atomic mass is 10.2. The summed E-state index contributed by atoms with van der Waals surface area (Å²) in [6.07, 6.45) is 0. The van der Waals surface area contributed by atoms with Crippen molar-refractivity contribution in [1.82, 2.24) is 5.32 Å². The minimum atomic E-state index is -0.345. The number of aromatic hydroxyl groups is 1. The summed E-state index contributed by atoms with van der Waals surface area (Å²) in [6.45, 7) is 0.477. The number of hydrogen-bond acceptors (Lipinski definition) is 5. The van der Waals surface area contributed by atoms with Crippen LogP contribution in [0.5, 0.6) is 11.5 Å². The van der Waals surface area contributed by atoms with Crippen LogP contribution in [0.25, 0.3) is 0 Å². The molecule has 0 bridgehead atoms. The first kappa shape index (κ1) is 12.3. The number of phenols is 1. The zero-order chi connectivity index (χ0) is 12.0. The van der Waals surface area contributed by atoms with Crippen molar-refractivity contribution in [3.8, 4) is 11.5 Å². The van der Waals surface area contributed by atoms with Crippen LogP contribution < -0.4 is 10.1 Å². The molecule has 0 radical (unpaired) electrons. The van der Waals surface area contributed by atoms with E-state index in [2.05, 4.69) is 10.1 Å². The van der Waals surface area contributed by atoms with E-state index in [-0.39, 0.29) is 18.3 Å². The number of carbonyl (C=O) groups excluding carboxylic acids is 1. The number of benzene rings is 1. The second-order valence-electron chi connectivity index (χ2n) is 3.17. The molecule has 16 heavy (non-hydrogen) atoms. The third kappa shape index (κ3) is 3.43. The van der Waals surface area contributed by atoms with Gasteiger partial charge in [0.25, 0.3) is 0 Å². The Morgan fingerprint density at radius 2 is 2.19 bits per heavy atom. The summed E-state index contributed by atoms with van der Waals surface area (Å²) in [7, 11) is 2.88. The maximum absolute atomic E-state index is 10.8. The molecule has 1 aromatic rings. The van der Waals surface area contributed by atoms with Crippen LogP contribution in [0.3, 0.4) is 0 Å².